The first-order valence-corrected chi connectivity index (χ1v) is 14.6. The number of nitrogens with zero attached hydrogens (tertiary/aromatic N) is 2. The van der Waals surface area contributed by atoms with E-state index < -0.39 is 0 Å². The average Bonchev–Trinajstić information content (AvgIpc) is 3.03. The topological polar surface area (TPSA) is 24.7 Å². The van der Waals surface area contributed by atoms with Gasteiger partial charge in [-0.15, -0.1) is 23.1 Å². The van der Waals surface area contributed by atoms with Gasteiger partial charge in [0.05, 0.1) is 22.8 Å². The lowest BCUT2D eigenvalue weighted by Gasteiger charge is -2.38. The molecule has 1 aromatic heterocycles. The van der Waals surface area contributed by atoms with Gasteiger partial charge in [-0.2, -0.15) is 0 Å². The maximum Gasteiger partial charge on any atom is 0.0899 e. The summed E-state index contributed by atoms with van der Waals surface area (Å²) in [7, 11) is 0. The van der Waals surface area contributed by atoms with Gasteiger partial charge < -0.3 is 0 Å². The molecule has 0 aliphatic heterocycles. The van der Waals surface area contributed by atoms with E-state index in [4.69, 9.17) is 4.99 Å². The van der Waals surface area contributed by atoms with Gasteiger partial charge in [-0.1, -0.05) is 89.2 Å². The predicted octanol–water partition coefficient (Wildman–Crippen LogP) is 9.63. The minimum absolute atomic E-state index is 0.242. The van der Waals surface area contributed by atoms with Crippen molar-refractivity contribution in [1.29, 1.82) is 0 Å². The van der Waals surface area contributed by atoms with Gasteiger partial charge in [-0.25, -0.2) is 0 Å². The van der Waals surface area contributed by atoms with E-state index in [1.807, 2.05) is 23.1 Å². The zero-order valence-electron chi connectivity index (χ0n) is 22.3. The van der Waals surface area contributed by atoms with Crippen molar-refractivity contribution in [2.24, 2.45) is 20.8 Å². The average molecular weight is 515 g/mol. The van der Waals surface area contributed by atoms with Crippen LogP contribution >= 0.6 is 23.1 Å². The van der Waals surface area contributed by atoms with Gasteiger partial charge in [-0.3, -0.25) is 9.98 Å². The zero-order valence-corrected chi connectivity index (χ0v) is 23.9. The summed E-state index contributed by atoms with van der Waals surface area (Å²) >= 11 is 3.78. The Hall–Kier alpha value is -2.43. The fraction of sp³-hybridized carbons (Fsp3) is 0.375. The van der Waals surface area contributed by atoms with Gasteiger partial charge in [-0.05, 0) is 54.5 Å². The molecule has 3 aromatic rings. The Bertz CT molecular complexity index is 1260. The second-order valence-electron chi connectivity index (χ2n) is 11.2. The second kappa shape index (κ2) is 11.3. The smallest absolute Gasteiger partial charge is 0.0899 e. The Morgan fingerprint density at radius 2 is 1.81 bits per heavy atom. The zero-order chi connectivity index (χ0) is 25.8. The van der Waals surface area contributed by atoms with Crippen LogP contribution in [0.3, 0.4) is 0 Å². The minimum Gasteiger partial charge on any atom is -0.278 e. The molecule has 0 amide bonds. The molecule has 0 bridgehead atoms. The highest BCUT2D eigenvalue weighted by atomic mass is 32.2. The van der Waals surface area contributed by atoms with Crippen molar-refractivity contribution in [3.8, 4) is 0 Å². The number of thioether (sulfide) groups is 1. The SMILES string of the molecule is C=Nc1c(/C(=N\Cc2cccc(SCC(C)(C)C(C)(C)C)c2)c2ccccc2)sc2c1C=CCCC2. The van der Waals surface area contributed by atoms with Crippen molar-refractivity contribution >= 4 is 47.3 Å². The third-order valence-corrected chi connectivity index (χ3v) is 10.1. The molecule has 0 atom stereocenters. The summed E-state index contributed by atoms with van der Waals surface area (Å²) in [5, 5.41) is 0. The van der Waals surface area contributed by atoms with Gasteiger partial charge in [0.2, 0.25) is 0 Å². The van der Waals surface area contributed by atoms with Crippen molar-refractivity contribution in [2.75, 3.05) is 5.75 Å². The number of hydrogen-bond donors (Lipinski definition) is 0. The summed E-state index contributed by atoms with van der Waals surface area (Å²) in [6, 6.07) is 19.4. The lowest BCUT2D eigenvalue weighted by Crippen LogP contribution is -2.31. The molecule has 0 saturated carbocycles. The lowest BCUT2D eigenvalue weighted by molar-refractivity contribution is 0.162. The maximum absolute atomic E-state index is 5.21. The predicted molar refractivity (Wildman–Crippen MR) is 162 cm³/mol. The quantitative estimate of drug-likeness (QED) is 0.217. The van der Waals surface area contributed by atoms with Crippen LogP contribution in [0.15, 0.2) is 75.6 Å². The van der Waals surface area contributed by atoms with E-state index in [9.17, 15) is 0 Å². The largest absolute Gasteiger partial charge is 0.278 e. The van der Waals surface area contributed by atoms with Crippen LogP contribution in [0.5, 0.6) is 0 Å². The van der Waals surface area contributed by atoms with Crippen molar-refractivity contribution in [3.05, 3.63) is 87.1 Å². The minimum atomic E-state index is 0.242. The number of hydrogen-bond acceptors (Lipinski definition) is 4. The van der Waals surface area contributed by atoms with Crippen LogP contribution in [0.2, 0.25) is 0 Å². The van der Waals surface area contributed by atoms with E-state index in [0.29, 0.717) is 6.54 Å². The molecule has 2 aromatic carbocycles. The molecule has 188 valence electrons. The number of benzene rings is 2. The third kappa shape index (κ3) is 6.10. The number of allylic oxidation sites excluding steroid dienone is 1. The number of aliphatic imine (C=N–C) groups is 2. The molecule has 1 aliphatic carbocycles. The number of thiophene rings is 1. The van der Waals surface area contributed by atoms with Crippen LogP contribution in [-0.2, 0) is 13.0 Å². The highest BCUT2D eigenvalue weighted by Crippen LogP contribution is 2.42. The fourth-order valence-electron chi connectivity index (χ4n) is 4.01. The van der Waals surface area contributed by atoms with Gasteiger partial charge in [0, 0.05) is 26.7 Å². The summed E-state index contributed by atoms with van der Waals surface area (Å²) in [6.07, 6.45) is 7.87. The van der Waals surface area contributed by atoms with E-state index in [1.165, 1.54) is 27.3 Å². The fourth-order valence-corrected chi connectivity index (χ4v) is 6.70. The number of fused-ring (bicyclic) bond motifs is 1. The molecule has 36 heavy (non-hydrogen) atoms. The van der Waals surface area contributed by atoms with Gasteiger partial charge >= 0.3 is 0 Å². The maximum atomic E-state index is 5.21. The van der Waals surface area contributed by atoms with Crippen molar-refractivity contribution in [3.63, 3.8) is 0 Å². The normalized spacial score (nSPS) is 14.4. The van der Waals surface area contributed by atoms with Gasteiger partial charge in [0.25, 0.3) is 0 Å². The second-order valence-corrected chi connectivity index (χ2v) is 13.3. The molecule has 1 heterocycles. The molecular formula is C32H38N2S2. The molecule has 2 nitrogen and oxygen atoms in total. The first-order chi connectivity index (χ1) is 17.2. The first kappa shape index (κ1) is 26.6. The molecule has 0 spiro atoms. The van der Waals surface area contributed by atoms with Crippen LogP contribution < -0.4 is 0 Å². The molecule has 0 N–H and O–H groups in total. The lowest BCUT2D eigenvalue weighted by atomic mass is 9.71. The molecule has 0 fully saturated rings. The van der Waals surface area contributed by atoms with Crippen LogP contribution in [0.25, 0.3) is 6.08 Å². The molecule has 0 unspecified atom stereocenters. The molecule has 4 heteroatoms. The van der Waals surface area contributed by atoms with Crippen LogP contribution in [0.1, 0.15) is 73.9 Å². The van der Waals surface area contributed by atoms with Gasteiger partial charge in [0.15, 0.2) is 0 Å². The monoisotopic (exact) mass is 514 g/mol. The third-order valence-electron chi connectivity index (χ3n) is 7.42. The van der Waals surface area contributed by atoms with Crippen molar-refractivity contribution < 1.29 is 0 Å². The van der Waals surface area contributed by atoms with Crippen molar-refractivity contribution in [2.45, 2.75) is 65.3 Å². The summed E-state index contributed by atoms with van der Waals surface area (Å²) < 4.78 is 0. The molecule has 1 aliphatic rings. The summed E-state index contributed by atoms with van der Waals surface area (Å²) in [6.45, 7) is 16.3. The Morgan fingerprint density at radius 3 is 2.53 bits per heavy atom. The van der Waals surface area contributed by atoms with Crippen molar-refractivity contribution in [1.82, 2.24) is 0 Å². The van der Waals surface area contributed by atoms with E-state index in [2.05, 4.69) is 113 Å². The summed E-state index contributed by atoms with van der Waals surface area (Å²) in [5.74, 6) is 1.08. The van der Waals surface area contributed by atoms with Crippen LogP contribution in [-0.4, -0.2) is 18.2 Å². The van der Waals surface area contributed by atoms with E-state index in [1.54, 1.807) is 0 Å². The Balaban J connectivity index is 1.65. The summed E-state index contributed by atoms with van der Waals surface area (Å²) in [4.78, 5) is 13.5. The Labute approximate surface area is 225 Å². The summed E-state index contributed by atoms with van der Waals surface area (Å²) in [5.41, 5.74) is 6.07. The van der Waals surface area contributed by atoms with E-state index in [0.717, 1.165) is 40.4 Å². The molecule has 4 rings (SSSR count). The van der Waals surface area contributed by atoms with Crippen LogP contribution in [0.4, 0.5) is 5.69 Å². The van der Waals surface area contributed by atoms with E-state index >= 15 is 0 Å². The Morgan fingerprint density at radius 1 is 1.03 bits per heavy atom. The number of rotatable bonds is 8. The highest BCUT2D eigenvalue weighted by Gasteiger charge is 2.32. The Kier molecular flexibility index (Phi) is 8.37. The number of aryl methyl sites for hydroxylation is 1. The molecular weight excluding hydrogens is 477 g/mol. The molecule has 0 radical (unpaired) electrons. The first-order valence-electron chi connectivity index (χ1n) is 12.8. The van der Waals surface area contributed by atoms with Gasteiger partial charge in [0.1, 0.15) is 0 Å². The molecule has 0 saturated heterocycles. The highest BCUT2D eigenvalue weighted by molar-refractivity contribution is 7.99. The van der Waals surface area contributed by atoms with Crippen LogP contribution in [0, 0.1) is 10.8 Å². The van der Waals surface area contributed by atoms with E-state index in [-0.39, 0.29) is 10.8 Å². The standard InChI is InChI=1S/C32H38N2S2/c1-31(2,3)32(4,5)22-35-25-17-13-14-23(20-25)21-34-28(24-15-9-7-10-16-24)30-29(33-6)26-18-11-8-12-19-27(26)36-30/h7,9-11,13-18,20H,6,8,12,19,21-22H2,1-5H3/b34-28-.